The van der Waals surface area contributed by atoms with Crippen LogP contribution in [0.25, 0.3) is 0 Å². The van der Waals surface area contributed by atoms with Crippen molar-refractivity contribution in [1.82, 2.24) is 5.32 Å². The number of amides is 2. The average Bonchev–Trinajstić information content (AvgIpc) is 3.00. The summed E-state index contributed by atoms with van der Waals surface area (Å²) in [6, 6.07) is 12.8. The molecule has 0 aliphatic carbocycles. The van der Waals surface area contributed by atoms with Gasteiger partial charge in [-0.15, -0.1) is 16.4 Å². The molecule has 0 fully saturated rings. The lowest BCUT2D eigenvalue weighted by molar-refractivity contribution is 0.256. The van der Waals surface area contributed by atoms with Crippen molar-refractivity contribution in [2.45, 2.75) is 13.8 Å². The zero-order chi connectivity index (χ0) is 15.1. The fourth-order valence-corrected chi connectivity index (χ4v) is 2.23. The van der Waals surface area contributed by atoms with Crippen LogP contribution in [0.3, 0.4) is 0 Å². The van der Waals surface area contributed by atoms with Gasteiger partial charge in [0.1, 0.15) is 5.84 Å². The van der Waals surface area contributed by atoms with Gasteiger partial charge in [-0.25, -0.2) is 4.79 Å². The summed E-state index contributed by atoms with van der Waals surface area (Å²) in [5.41, 5.74) is 1.54. The Morgan fingerprint density at radius 2 is 1.81 bits per heavy atom. The molecular formula is C15H16N4OS. The van der Waals surface area contributed by atoms with Crippen LogP contribution in [0.2, 0.25) is 0 Å². The minimum absolute atomic E-state index is 0.341. The van der Waals surface area contributed by atoms with Crippen LogP contribution in [0.5, 0.6) is 0 Å². The van der Waals surface area contributed by atoms with E-state index in [1.54, 1.807) is 18.3 Å². The van der Waals surface area contributed by atoms with E-state index in [0.717, 1.165) is 16.3 Å². The van der Waals surface area contributed by atoms with Gasteiger partial charge in [0.15, 0.2) is 0 Å². The summed E-state index contributed by atoms with van der Waals surface area (Å²) < 4.78 is 0. The van der Waals surface area contributed by atoms with Crippen molar-refractivity contribution in [2.24, 2.45) is 10.2 Å². The van der Waals surface area contributed by atoms with Crippen molar-refractivity contribution in [3.05, 3.63) is 52.7 Å². The number of para-hydroxylation sites is 1. The Labute approximate surface area is 127 Å². The highest BCUT2D eigenvalue weighted by Crippen LogP contribution is 2.09. The Kier molecular flexibility index (Phi) is 5.22. The number of thiophene rings is 1. The quantitative estimate of drug-likeness (QED) is 0.506. The molecular weight excluding hydrogens is 284 g/mol. The Balaban J connectivity index is 1.91. The lowest BCUT2D eigenvalue weighted by Gasteiger charge is -2.05. The van der Waals surface area contributed by atoms with Crippen LogP contribution < -0.4 is 10.6 Å². The fraction of sp³-hybridized carbons (Fsp3) is 0.133. The van der Waals surface area contributed by atoms with Gasteiger partial charge >= 0.3 is 6.03 Å². The van der Waals surface area contributed by atoms with Crippen molar-refractivity contribution in [3.63, 3.8) is 0 Å². The van der Waals surface area contributed by atoms with E-state index in [-0.39, 0.29) is 6.03 Å². The molecule has 0 bridgehead atoms. The lowest BCUT2D eigenvalue weighted by Crippen LogP contribution is -2.32. The summed E-state index contributed by atoms with van der Waals surface area (Å²) in [6.45, 7) is 3.57. The minimum atomic E-state index is -0.341. The standard InChI is InChI=1S/C15H16N4OS/c1-11(14-9-6-10-21-14)18-19-12(2)16-15(20)17-13-7-4-3-5-8-13/h3-10H,1-2H3,(H2,16,17,19,20)/b18-11+. The molecule has 5 nitrogen and oxygen atoms in total. The second-order valence-corrected chi connectivity index (χ2v) is 5.24. The Morgan fingerprint density at radius 3 is 2.48 bits per heavy atom. The highest BCUT2D eigenvalue weighted by Gasteiger charge is 2.02. The van der Waals surface area contributed by atoms with Gasteiger partial charge in [-0.2, -0.15) is 5.10 Å². The van der Waals surface area contributed by atoms with Crippen LogP contribution in [0.4, 0.5) is 10.5 Å². The Morgan fingerprint density at radius 1 is 1.05 bits per heavy atom. The zero-order valence-electron chi connectivity index (χ0n) is 11.8. The molecule has 0 atom stereocenters. The maximum absolute atomic E-state index is 11.7. The highest BCUT2D eigenvalue weighted by molar-refractivity contribution is 7.12. The van der Waals surface area contributed by atoms with Crippen LogP contribution in [0.1, 0.15) is 18.7 Å². The van der Waals surface area contributed by atoms with Gasteiger partial charge in [-0.3, -0.25) is 5.32 Å². The topological polar surface area (TPSA) is 65.8 Å². The number of anilines is 1. The van der Waals surface area contributed by atoms with Crippen molar-refractivity contribution in [2.75, 3.05) is 5.32 Å². The van der Waals surface area contributed by atoms with Gasteiger partial charge in [0, 0.05) is 5.69 Å². The summed E-state index contributed by atoms with van der Waals surface area (Å²) in [5.74, 6) is 0.430. The number of hydrogen-bond donors (Lipinski definition) is 2. The number of nitrogens with one attached hydrogen (secondary N) is 2. The molecule has 2 amide bonds. The third-order valence-electron chi connectivity index (χ3n) is 2.55. The van der Waals surface area contributed by atoms with E-state index >= 15 is 0 Å². The zero-order valence-corrected chi connectivity index (χ0v) is 12.6. The molecule has 0 unspecified atom stereocenters. The van der Waals surface area contributed by atoms with Crippen LogP contribution in [-0.4, -0.2) is 17.6 Å². The fourth-order valence-electron chi connectivity index (χ4n) is 1.56. The largest absolute Gasteiger partial charge is 0.324 e. The van der Waals surface area contributed by atoms with Crippen LogP contribution in [0.15, 0.2) is 58.0 Å². The molecule has 2 aromatic rings. The number of benzene rings is 1. The highest BCUT2D eigenvalue weighted by atomic mass is 32.1. The molecule has 2 rings (SSSR count). The molecule has 1 heterocycles. The van der Waals surface area contributed by atoms with Gasteiger partial charge < -0.3 is 5.32 Å². The number of amidine groups is 1. The number of hydrogen-bond acceptors (Lipinski definition) is 4. The maximum atomic E-state index is 11.7. The molecule has 1 aromatic carbocycles. The summed E-state index contributed by atoms with van der Waals surface area (Å²) in [4.78, 5) is 12.8. The van der Waals surface area contributed by atoms with E-state index in [2.05, 4.69) is 20.8 Å². The number of carbonyl (C=O) groups excluding carboxylic acids is 1. The van der Waals surface area contributed by atoms with Gasteiger partial charge in [0.2, 0.25) is 0 Å². The smallest absolute Gasteiger partial charge is 0.308 e. The molecule has 0 saturated heterocycles. The molecule has 0 radical (unpaired) electrons. The number of carbonyl (C=O) groups is 1. The van der Waals surface area contributed by atoms with Crippen LogP contribution in [0, 0.1) is 0 Å². The van der Waals surface area contributed by atoms with E-state index in [4.69, 9.17) is 0 Å². The third kappa shape index (κ3) is 4.85. The van der Waals surface area contributed by atoms with Gasteiger partial charge in [0.05, 0.1) is 10.6 Å². The second kappa shape index (κ2) is 7.35. The molecule has 6 heteroatoms. The number of nitrogens with zero attached hydrogens (tertiary/aromatic N) is 2. The maximum Gasteiger partial charge on any atom is 0.324 e. The van der Waals surface area contributed by atoms with Gasteiger partial charge in [-0.1, -0.05) is 24.3 Å². The SMILES string of the molecule is C/C(=N\N=C(/C)c1cccs1)NC(=O)Nc1ccccc1. The predicted octanol–water partition coefficient (Wildman–Crippen LogP) is 3.71. The van der Waals surface area contributed by atoms with E-state index in [1.807, 2.05) is 54.8 Å². The van der Waals surface area contributed by atoms with Gasteiger partial charge in [0.25, 0.3) is 0 Å². The van der Waals surface area contributed by atoms with Crippen molar-refractivity contribution in [1.29, 1.82) is 0 Å². The van der Waals surface area contributed by atoms with E-state index < -0.39 is 0 Å². The average molecular weight is 300 g/mol. The molecule has 1 aromatic heterocycles. The van der Waals surface area contributed by atoms with E-state index in [1.165, 1.54) is 0 Å². The number of rotatable bonds is 3. The van der Waals surface area contributed by atoms with E-state index in [9.17, 15) is 4.79 Å². The summed E-state index contributed by atoms with van der Waals surface area (Å²) in [7, 11) is 0. The Bertz CT molecular complexity index is 648. The summed E-state index contributed by atoms with van der Waals surface area (Å²) in [6.07, 6.45) is 0. The van der Waals surface area contributed by atoms with Crippen LogP contribution in [-0.2, 0) is 0 Å². The normalized spacial score (nSPS) is 12.1. The molecule has 0 spiro atoms. The third-order valence-corrected chi connectivity index (χ3v) is 3.53. The van der Waals surface area contributed by atoms with Crippen molar-refractivity contribution >= 4 is 34.6 Å². The molecule has 0 aliphatic rings. The number of urea groups is 1. The monoisotopic (exact) mass is 300 g/mol. The molecule has 108 valence electrons. The summed E-state index contributed by atoms with van der Waals surface area (Å²) in [5, 5.41) is 15.4. The predicted molar refractivity (Wildman–Crippen MR) is 88.2 cm³/mol. The minimum Gasteiger partial charge on any atom is -0.308 e. The second-order valence-electron chi connectivity index (χ2n) is 4.29. The van der Waals surface area contributed by atoms with E-state index in [0.29, 0.717) is 5.84 Å². The first-order valence-corrected chi connectivity index (χ1v) is 7.29. The Hall–Kier alpha value is -2.47. The van der Waals surface area contributed by atoms with Crippen LogP contribution >= 0.6 is 11.3 Å². The van der Waals surface area contributed by atoms with Gasteiger partial charge in [-0.05, 0) is 37.4 Å². The first-order chi connectivity index (χ1) is 10.1. The van der Waals surface area contributed by atoms with Crippen molar-refractivity contribution in [3.8, 4) is 0 Å². The molecule has 0 aliphatic heterocycles. The molecule has 0 saturated carbocycles. The molecule has 2 N–H and O–H groups in total. The van der Waals surface area contributed by atoms with Crippen molar-refractivity contribution < 1.29 is 4.79 Å². The lowest BCUT2D eigenvalue weighted by atomic mass is 10.3. The first kappa shape index (κ1) is 14.9. The first-order valence-electron chi connectivity index (χ1n) is 6.41. The summed E-state index contributed by atoms with van der Waals surface area (Å²) >= 11 is 1.60. The molecule has 21 heavy (non-hydrogen) atoms.